The van der Waals surface area contributed by atoms with E-state index in [0.717, 1.165) is 30.5 Å². The van der Waals surface area contributed by atoms with Crippen molar-refractivity contribution < 1.29 is 14.5 Å². The van der Waals surface area contributed by atoms with Crippen LogP contribution in [0.15, 0.2) is 48.5 Å². The molecule has 0 saturated carbocycles. The lowest BCUT2D eigenvalue weighted by molar-refractivity contribution is -0.385. The van der Waals surface area contributed by atoms with Crippen molar-refractivity contribution in [3.8, 4) is 0 Å². The summed E-state index contributed by atoms with van der Waals surface area (Å²) >= 11 is 0. The van der Waals surface area contributed by atoms with E-state index in [4.69, 9.17) is 0 Å². The molecule has 1 aromatic heterocycles. The predicted octanol–water partition coefficient (Wildman–Crippen LogP) is 3.25. The Morgan fingerprint density at radius 3 is 2.79 bits per heavy atom. The molecule has 1 unspecified atom stereocenters. The topological polar surface area (TPSA) is 121 Å². The molecule has 2 amide bonds. The fourth-order valence-electron chi connectivity index (χ4n) is 4.94. The number of aromatic nitrogens is 2. The van der Waals surface area contributed by atoms with Crippen LogP contribution >= 0.6 is 0 Å². The molecule has 2 heterocycles. The third kappa shape index (κ3) is 4.16. The second-order valence-electron chi connectivity index (χ2n) is 8.77. The number of rotatable bonds is 5. The van der Waals surface area contributed by atoms with Gasteiger partial charge in [-0.15, -0.1) is 0 Å². The minimum absolute atomic E-state index is 0.0648. The summed E-state index contributed by atoms with van der Waals surface area (Å²) < 4.78 is 0. The summed E-state index contributed by atoms with van der Waals surface area (Å²) in [5.41, 5.74) is 4.59. The third-order valence-corrected chi connectivity index (χ3v) is 6.71. The van der Waals surface area contributed by atoms with E-state index >= 15 is 0 Å². The van der Waals surface area contributed by atoms with E-state index < -0.39 is 4.92 Å². The quantitative estimate of drug-likeness (QED) is 0.448. The third-order valence-electron chi connectivity index (χ3n) is 6.71. The molecule has 0 spiro atoms. The molecule has 0 radical (unpaired) electrons. The second-order valence-corrected chi connectivity index (χ2v) is 8.77. The number of carbonyl (C=O) groups excluding carboxylic acids is 2. The Bertz CT molecular complexity index is 1270. The first-order valence-electron chi connectivity index (χ1n) is 11.5. The first-order chi connectivity index (χ1) is 16.5. The van der Waals surface area contributed by atoms with Gasteiger partial charge in [-0.2, -0.15) is 5.10 Å². The molecule has 5 rings (SSSR count). The van der Waals surface area contributed by atoms with Crippen molar-refractivity contribution in [2.24, 2.45) is 0 Å². The van der Waals surface area contributed by atoms with Crippen LogP contribution in [0.25, 0.3) is 0 Å². The Balaban J connectivity index is 1.31. The standard InChI is InChI=1S/C25H25N5O4/c31-23(14-17-7-2-4-11-22(17)30(33)34)29-13-12-21-19(15-29)24(28-27-21)25(32)26-20-10-5-8-16-6-1-3-9-18(16)20/h1-4,6-7,9,11,20H,5,8,10,12-15H2,(H,26,32)(H,27,28). The summed E-state index contributed by atoms with van der Waals surface area (Å²) in [6.07, 6.45) is 3.37. The number of benzene rings is 2. The molecule has 1 aliphatic carbocycles. The van der Waals surface area contributed by atoms with E-state index in [-0.39, 0.29) is 36.5 Å². The largest absolute Gasteiger partial charge is 0.344 e. The van der Waals surface area contributed by atoms with E-state index in [1.54, 1.807) is 23.1 Å². The minimum Gasteiger partial charge on any atom is -0.344 e. The highest BCUT2D eigenvalue weighted by atomic mass is 16.6. The van der Waals surface area contributed by atoms with Gasteiger partial charge in [0.05, 0.1) is 17.4 Å². The predicted molar refractivity (Wildman–Crippen MR) is 124 cm³/mol. The number of fused-ring (bicyclic) bond motifs is 2. The van der Waals surface area contributed by atoms with Crippen LogP contribution in [0.1, 0.15) is 57.3 Å². The average molecular weight is 460 g/mol. The fourth-order valence-corrected chi connectivity index (χ4v) is 4.94. The molecule has 0 fully saturated rings. The Labute approximate surface area is 196 Å². The maximum absolute atomic E-state index is 13.2. The summed E-state index contributed by atoms with van der Waals surface area (Å²) in [6.45, 7) is 0.709. The average Bonchev–Trinajstić information content (AvgIpc) is 3.28. The zero-order valence-corrected chi connectivity index (χ0v) is 18.6. The van der Waals surface area contributed by atoms with E-state index in [2.05, 4.69) is 27.6 Å². The summed E-state index contributed by atoms with van der Waals surface area (Å²) in [4.78, 5) is 38.6. The molecule has 9 heteroatoms. The van der Waals surface area contributed by atoms with Gasteiger partial charge in [-0.3, -0.25) is 24.8 Å². The number of hydrogen-bond acceptors (Lipinski definition) is 5. The molecular weight excluding hydrogens is 434 g/mol. The smallest absolute Gasteiger partial charge is 0.273 e. The number of aryl methyl sites for hydroxylation is 1. The van der Waals surface area contributed by atoms with Crippen LogP contribution in [0.4, 0.5) is 5.69 Å². The van der Waals surface area contributed by atoms with Gasteiger partial charge in [0.25, 0.3) is 11.6 Å². The van der Waals surface area contributed by atoms with Crippen LogP contribution < -0.4 is 5.32 Å². The second kappa shape index (κ2) is 9.09. The molecule has 1 aliphatic heterocycles. The van der Waals surface area contributed by atoms with Crippen molar-refractivity contribution in [3.63, 3.8) is 0 Å². The van der Waals surface area contributed by atoms with Crippen LogP contribution in [0, 0.1) is 10.1 Å². The van der Waals surface area contributed by atoms with Crippen molar-refractivity contribution in [3.05, 3.63) is 92.3 Å². The molecule has 2 aromatic carbocycles. The van der Waals surface area contributed by atoms with Crippen molar-refractivity contribution >= 4 is 17.5 Å². The van der Waals surface area contributed by atoms with Gasteiger partial charge in [0.2, 0.25) is 5.91 Å². The molecule has 0 saturated heterocycles. The van der Waals surface area contributed by atoms with E-state index in [0.29, 0.717) is 29.8 Å². The monoisotopic (exact) mass is 459 g/mol. The van der Waals surface area contributed by atoms with Crippen LogP contribution in [0.2, 0.25) is 0 Å². The van der Waals surface area contributed by atoms with Crippen molar-refractivity contribution in [1.82, 2.24) is 20.4 Å². The lowest BCUT2D eigenvalue weighted by atomic mass is 9.87. The van der Waals surface area contributed by atoms with Gasteiger partial charge in [0, 0.05) is 42.4 Å². The van der Waals surface area contributed by atoms with E-state index in [1.165, 1.54) is 11.6 Å². The SMILES string of the molecule is O=C(NC1CCCc2ccccc21)c1n[nH]c2c1CN(C(=O)Cc1ccccc1[N+](=O)[O-])CC2. The zero-order chi connectivity index (χ0) is 23.7. The molecular formula is C25H25N5O4. The highest BCUT2D eigenvalue weighted by molar-refractivity contribution is 5.94. The number of H-pyrrole nitrogens is 1. The summed E-state index contributed by atoms with van der Waals surface area (Å²) in [5, 5.41) is 21.7. The highest BCUT2D eigenvalue weighted by Crippen LogP contribution is 2.30. The first kappa shape index (κ1) is 21.8. The summed E-state index contributed by atoms with van der Waals surface area (Å²) in [5.74, 6) is -0.471. The number of hydrogen-bond donors (Lipinski definition) is 2. The van der Waals surface area contributed by atoms with E-state index in [1.807, 2.05) is 12.1 Å². The van der Waals surface area contributed by atoms with Crippen molar-refractivity contribution in [2.75, 3.05) is 6.54 Å². The number of nitro groups is 1. The van der Waals surface area contributed by atoms with Crippen LogP contribution in [-0.2, 0) is 30.6 Å². The van der Waals surface area contributed by atoms with Crippen LogP contribution in [-0.4, -0.2) is 38.4 Å². The molecule has 1 atom stereocenters. The molecule has 3 aromatic rings. The van der Waals surface area contributed by atoms with Gasteiger partial charge in [0.1, 0.15) is 0 Å². The number of aromatic amines is 1. The van der Waals surface area contributed by atoms with E-state index in [9.17, 15) is 19.7 Å². The Kier molecular flexibility index (Phi) is 5.83. The summed E-state index contributed by atoms with van der Waals surface area (Å²) in [7, 11) is 0. The summed E-state index contributed by atoms with van der Waals surface area (Å²) in [6, 6.07) is 14.4. The molecule has 2 N–H and O–H groups in total. The van der Waals surface area contributed by atoms with Gasteiger partial charge in [-0.25, -0.2) is 0 Å². The lowest BCUT2D eigenvalue weighted by Crippen LogP contribution is -2.38. The molecule has 2 aliphatic rings. The van der Waals surface area contributed by atoms with Gasteiger partial charge in [-0.1, -0.05) is 42.5 Å². The first-order valence-corrected chi connectivity index (χ1v) is 11.5. The Hall–Kier alpha value is -4.01. The zero-order valence-electron chi connectivity index (χ0n) is 18.6. The number of nitro benzene ring substituents is 1. The van der Waals surface area contributed by atoms with Gasteiger partial charge in [0.15, 0.2) is 5.69 Å². The maximum Gasteiger partial charge on any atom is 0.273 e. The maximum atomic E-state index is 13.2. The van der Waals surface area contributed by atoms with Crippen LogP contribution in [0.3, 0.4) is 0 Å². The number of carbonyl (C=O) groups is 2. The normalized spacial score (nSPS) is 16.9. The minimum atomic E-state index is -0.473. The lowest BCUT2D eigenvalue weighted by Gasteiger charge is -2.28. The van der Waals surface area contributed by atoms with Crippen LogP contribution in [0.5, 0.6) is 0 Å². The highest BCUT2D eigenvalue weighted by Gasteiger charge is 2.30. The molecule has 174 valence electrons. The van der Waals surface area contributed by atoms with Gasteiger partial charge in [-0.05, 0) is 30.4 Å². The molecule has 9 nitrogen and oxygen atoms in total. The fraction of sp³-hybridized carbons (Fsp3) is 0.320. The number of para-hydroxylation sites is 1. The molecule has 34 heavy (non-hydrogen) atoms. The number of nitrogens with one attached hydrogen (secondary N) is 2. The van der Waals surface area contributed by atoms with Gasteiger partial charge < -0.3 is 10.2 Å². The van der Waals surface area contributed by atoms with Gasteiger partial charge >= 0.3 is 0 Å². The Morgan fingerprint density at radius 2 is 1.94 bits per heavy atom. The number of amides is 2. The number of nitrogens with zero attached hydrogens (tertiary/aromatic N) is 3. The van der Waals surface area contributed by atoms with Crippen molar-refractivity contribution in [2.45, 2.75) is 44.7 Å². The molecule has 0 bridgehead atoms. The van der Waals surface area contributed by atoms with Crippen molar-refractivity contribution in [1.29, 1.82) is 0 Å². The Morgan fingerprint density at radius 1 is 1.15 bits per heavy atom.